The number of benzene rings is 1. The van der Waals surface area contributed by atoms with Crippen LogP contribution in [0, 0.1) is 12.3 Å². The van der Waals surface area contributed by atoms with Crippen LogP contribution in [0.5, 0.6) is 0 Å². The predicted octanol–water partition coefficient (Wildman–Crippen LogP) is 3.85. The van der Waals surface area contributed by atoms with Crippen LogP contribution in [-0.2, 0) is 24.1 Å². The van der Waals surface area contributed by atoms with E-state index in [0.717, 1.165) is 36.2 Å². The van der Waals surface area contributed by atoms with Crippen molar-refractivity contribution in [1.82, 2.24) is 24.5 Å². The molecule has 1 aliphatic carbocycles. The molecule has 2 aliphatic rings. The Hall–Kier alpha value is -3.37. The number of nitrogens with zero attached hydrogens (tertiary/aromatic N) is 5. The number of rotatable bonds is 4. The quantitative estimate of drug-likeness (QED) is 0.575. The number of aromatic nitrogens is 4. The number of nitrogens with two attached hydrogens (primary N) is 1. The average Bonchev–Trinajstić information content (AvgIpc) is 3.17. The zero-order chi connectivity index (χ0) is 23.7. The van der Waals surface area contributed by atoms with Gasteiger partial charge in [-0.05, 0) is 50.5 Å². The molecule has 1 amide bonds. The van der Waals surface area contributed by atoms with Gasteiger partial charge in [0.15, 0.2) is 0 Å². The number of aryl methyl sites for hydroxylation is 1. The van der Waals surface area contributed by atoms with Crippen LogP contribution in [0.25, 0.3) is 5.78 Å². The molecule has 8 nitrogen and oxygen atoms in total. The predicted molar refractivity (Wildman–Crippen MR) is 115 cm³/mol. The van der Waals surface area contributed by atoms with Crippen LogP contribution in [0.2, 0.25) is 0 Å². The topological polar surface area (TPSA) is 101 Å². The monoisotopic (exact) mass is 459 g/mol. The number of alkyl halides is 3. The Balaban J connectivity index is 1.51. The molecule has 1 aromatic carbocycles. The number of halogens is 3. The minimum atomic E-state index is -4.50. The van der Waals surface area contributed by atoms with Gasteiger partial charge in [0.2, 0.25) is 5.91 Å². The zero-order valence-electron chi connectivity index (χ0n) is 18.5. The Kier molecular flexibility index (Phi) is 4.60. The summed E-state index contributed by atoms with van der Waals surface area (Å²) in [5.41, 5.74) is 6.72. The lowest BCUT2D eigenvalue weighted by atomic mass is 10.0. The molecule has 11 heteroatoms. The first kappa shape index (κ1) is 21.5. The lowest BCUT2D eigenvalue weighted by Gasteiger charge is -2.20. The third-order valence-corrected chi connectivity index (χ3v) is 6.58. The first-order valence-corrected chi connectivity index (χ1v) is 10.7. The van der Waals surface area contributed by atoms with Gasteiger partial charge in [-0.15, -0.1) is 10.2 Å². The van der Waals surface area contributed by atoms with Crippen molar-refractivity contribution in [3.05, 3.63) is 46.4 Å². The number of fused-ring (bicyclic) bond motifs is 3. The summed E-state index contributed by atoms with van der Waals surface area (Å²) in [7, 11) is 0. The van der Waals surface area contributed by atoms with Gasteiger partial charge in [-0.2, -0.15) is 18.2 Å². The van der Waals surface area contributed by atoms with Crippen LogP contribution in [-0.4, -0.2) is 30.4 Å². The van der Waals surface area contributed by atoms with E-state index in [2.05, 4.69) is 20.5 Å². The third kappa shape index (κ3) is 3.65. The van der Waals surface area contributed by atoms with Gasteiger partial charge in [0, 0.05) is 16.7 Å². The smallest absolute Gasteiger partial charge is 0.399 e. The highest BCUT2D eigenvalue weighted by atomic mass is 19.4. The highest BCUT2D eigenvalue weighted by molar-refractivity contribution is 5.85. The third-order valence-electron chi connectivity index (χ3n) is 6.58. The van der Waals surface area contributed by atoms with E-state index in [0.29, 0.717) is 36.1 Å². The van der Waals surface area contributed by atoms with E-state index in [1.165, 1.54) is 6.07 Å². The SMILES string of the molecule is Cc1nnc2nc(N[C@H](C)c3cc(N)cc(C(F)(F)F)c3)c3c(n12)CN(C(=O)C1(C)CC1)C3. The minimum Gasteiger partial charge on any atom is -0.399 e. The van der Waals surface area contributed by atoms with Gasteiger partial charge in [-0.25, -0.2) is 0 Å². The van der Waals surface area contributed by atoms with E-state index < -0.39 is 17.8 Å². The number of carbonyl (C=O) groups is 1. The fourth-order valence-electron chi connectivity index (χ4n) is 4.36. The Morgan fingerprint density at radius 2 is 1.94 bits per heavy atom. The second-order valence-corrected chi connectivity index (χ2v) is 9.24. The standard InChI is InChI=1S/C22H24F3N7O/c1-11(13-6-14(22(23,24)25)8-15(26)7-13)27-18-16-9-31(19(33)21(3)4-5-21)10-17(16)32-12(2)29-30-20(32)28-18/h6-8,11H,4-5,9-10,26H2,1-3H3,(H,27,28,30)/t11-/m1/s1. The lowest BCUT2D eigenvalue weighted by Crippen LogP contribution is -2.31. The molecule has 2 aromatic heterocycles. The Bertz CT molecular complexity index is 1280. The van der Waals surface area contributed by atoms with Crippen molar-refractivity contribution in [2.75, 3.05) is 11.1 Å². The lowest BCUT2D eigenvalue weighted by molar-refractivity contribution is -0.138. The van der Waals surface area contributed by atoms with Crippen LogP contribution < -0.4 is 11.1 Å². The van der Waals surface area contributed by atoms with Crippen LogP contribution in [0.15, 0.2) is 18.2 Å². The normalized spacial score (nSPS) is 17.8. The van der Waals surface area contributed by atoms with E-state index >= 15 is 0 Å². The highest BCUT2D eigenvalue weighted by Crippen LogP contribution is 2.48. The Morgan fingerprint density at radius 1 is 1.21 bits per heavy atom. The van der Waals surface area contributed by atoms with Crippen LogP contribution in [0.1, 0.15) is 60.9 Å². The molecule has 33 heavy (non-hydrogen) atoms. The van der Waals surface area contributed by atoms with Crippen molar-refractivity contribution >= 4 is 23.2 Å². The molecular weight excluding hydrogens is 435 g/mol. The van der Waals surface area contributed by atoms with Gasteiger partial charge in [-0.1, -0.05) is 6.92 Å². The summed E-state index contributed by atoms with van der Waals surface area (Å²) in [5, 5.41) is 11.5. The van der Waals surface area contributed by atoms with Crippen molar-refractivity contribution in [1.29, 1.82) is 0 Å². The number of nitrogen functional groups attached to an aromatic ring is 1. The van der Waals surface area contributed by atoms with Gasteiger partial charge in [-0.3, -0.25) is 9.20 Å². The van der Waals surface area contributed by atoms with E-state index in [4.69, 9.17) is 5.73 Å². The summed E-state index contributed by atoms with van der Waals surface area (Å²) in [6.07, 6.45) is -2.75. The summed E-state index contributed by atoms with van der Waals surface area (Å²) in [5.74, 6) is 1.61. The molecule has 1 saturated carbocycles. The molecule has 1 aliphatic heterocycles. The zero-order valence-corrected chi connectivity index (χ0v) is 18.5. The van der Waals surface area contributed by atoms with Crippen LogP contribution in [0.3, 0.4) is 0 Å². The van der Waals surface area contributed by atoms with Crippen molar-refractivity contribution in [3.63, 3.8) is 0 Å². The van der Waals surface area contributed by atoms with Gasteiger partial charge in [0.05, 0.1) is 30.4 Å². The van der Waals surface area contributed by atoms with E-state index in [1.807, 2.05) is 18.2 Å². The average molecular weight is 459 g/mol. The Morgan fingerprint density at radius 3 is 2.61 bits per heavy atom. The molecule has 174 valence electrons. The molecule has 3 N–H and O–H groups in total. The molecule has 0 spiro atoms. The number of hydrogen-bond donors (Lipinski definition) is 2. The summed E-state index contributed by atoms with van der Waals surface area (Å²) in [6, 6.07) is 2.98. The molecule has 0 bridgehead atoms. The Labute approximate surface area is 188 Å². The molecule has 1 fully saturated rings. The maximum Gasteiger partial charge on any atom is 0.416 e. The maximum absolute atomic E-state index is 13.3. The van der Waals surface area contributed by atoms with E-state index in [9.17, 15) is 18.0 Å². The molecule has 0 radical (unpaired) electrons. The molecule has 3 aromatic rings. The molecule has 3 heterocycles. The van der Waals surface area contributed by atoms with E-state index in [1.54, 1.807) is 11.8 Å². The molecule has 1 atom stereocenters. The van der Waals surface area contributed by atoms with Crippen molar-refractivity contribution in [2.45, 2.75) is 58.9 Å². The first-order valence-electron chi connectivity index (χ1n) is 10.7. The van der Waals surface area contributed by atoms with Crippen molar-refractivity contribution < 1.29 is 18.0 Å². The van der Waals surface area contributed by atoms with Gasteiger partial charge in [0.25, 0.3) is 5.78 Å². The van der Waals surface area contributed by atoms with Crippen molar-refractivity contribution in [2.24, 2.45) is 5.41 Å². The van der Waals surface area contributed by atoms with Crippen LogP contribution in [0.4, 0.5) is 24.7 Å². The molecule has 5 rings (SSSR count). The summed E-state index contributed by atoms with van der Waals surface area (Å²) >= 11 is 0. The first-order chi connectivity index (χ1) is 15.5. The van der Waals surface area contributed by atoms with Gasteiger partial charge in [0.1, 0.15) is 11.6 Å². The summed E-state index contributed by atoms with van der Waals surface area (Å²) in [4.78, 5) is 19.4. The second kappa shape index (κ2) is 7.06. The summed E-state index contributed by atoms with van der Waals surface area (Å²) in [6.45, 7) is 6.29. The molecular formula is C22H24F3N7O. The summed E-state index contributed by atoms with van der Waals surface area (Å²) < 4.78 is 41.6. The fraction of sp³-hybridized carbons (Fsp3) is 0.455. The van der Waals surface area contributed by atoms with Gasteiger partial charge >= 0.3 is 6.18 Å². The number of amides is 1. The number of nitrogens with one attached hydrogen (secondary N) is 1. The van der Waals surface area contributed by atoms with Crippen LogP contribution >= 0.6 is 0 Å². The van der Waals surface area contributed by atoms with E-state index in [-0.39, 0.29) is 17.0 Å². The highest BCUT2D eigenvalue weighted by Gasteiger charge is 2.48. The number of carbonyl (C=O) groups excluding carboxylic acids is 1. The van der Waals surface area contributed by atoms with Crippen molar-refractivity contribution in [3.8, 4) is 0 Å². The number of hydrogen-bond acceptors (Lipinski definition) is 6. The maximum atomic E-state index is 13.3. The second-order valence-electron chi connectivity index (χ2n) is 9.24. The van der Waals surface area contributed by atoms with Gasteiger partial charge < -0.3 is 16.0 Å². The minimum absolute atomic E-state index is 0.0321. The fourth-order valence-corrected chi connectivity index (χ4v) is 4.36. The molecule has 0 unspecified atom stereocenters. The largest absolute Gasteiger partial charge is 0.416 e. The molecule has 0 saturated heterocycles. The number of anilines is 2.